The van der Waals surface area contributed by atoms with Crippen molar-refractivity contribution in [3.63, 3.8) is 0 Å². The number of carbonyl (C=O) groups is 2. The number of benzene rings is 1. The van der Waals surface area contributed by atoms with Crippen LogP contribution in [0.4, 0.5) is 4.79 Å². The maximum Gasteiger partial charge on any atom is 0.411 e. The van der Waals surface area contributed by atoms with E-state index in [2.05, 4.69) is 0 Å². The Morgan fingerprint density at radius 1 is 1.29 bits per heavy atom. The molecule has 0 aliphatic carbocycles. The second-order valence-corrected chi connectivity index (χ2v) is 6.64. The molecule has 1 heterocycles. The van der Waals surface area contributed by atoms with Crippen molar-refractivity contribution < 1.29 is 23.8 Å². The molecule has 1 aliphatic heterocycles. The molecule has 0 unspecified atom stereocenters. The van der Waals surface area contributed by atoms with Crippen LogP contribution in [-0.2, 0) is 20.7 Å². The minimum Gasteiger partial charge on any atom is -0.494 e. The zero-order valence-electron chi connectivity index (χ0n) is 14.9. The molecular formula is C18H25NO5. The second-order valence-electron chi connectivity index (χ2n) is 6.64. The number of esters is 1. The topological polar surface area (TPSA) is 65.1 Å². The predicted molar refractivity (Wildman–Crippen MR) is 89.0 cm³/mol. The van der Waals surface area contributed by atoms with E-state index in [0.29, 0.717) is 19.6 Å². The molecule has 0 N–H and O–H groups in total. The molecule has 6 nitrogen and oxygen atoms in total. The average Bonchev–Trinajstić information content (AvgIpc) is 2.51. The van der Waals surface area contributed by atoms with Gasteiger partial charge in [0.1, 0.15) is 11.4 Å². The molecule has 0 aromatic heterocycles. The van der Waals surface area contributed by atoms with E-state index in [-0.39, 0.29) is 0 Å². The number of ether oxygens (including phenoxy) is 3. The van der Waals surface area contributed by atoms with Gasteiger partial charge >= 0.3 is 12.1 Å². The minimum atomic E-state index is -0.802. The van der Waals surface area contributed by atoms with Crippen LogP contribution in [0.5, 0.6) is 5.75 Å². The van der Waals surface area contributed by atoms with Crippen molar-refractivity contribution in [2.75, 3.05) is 20.3 Å². The van der Waals surface area contributed by atoms with Crippen LogP contribution in [0.2, 0.25) is 0 Å². The summed E-state index contributed by atoms with van der Waals surface area (Å²) < 4.78 is 15.9. The fraction of sp³-hybridized carbons (Fsp3) is 0.556. The molecule has 1 aromatic carbocycles. The zero-order chi connectivity index (χ0) is 17.9. The number of hydrogen-bond acceptors (Lipinski definition) is 5. The molecule has 24 heavy (non-hydrogen) atoms. The van der Waals surface area contributed by atoms with Crippen molar-refractivity contribution in [3.8, 4) is 5.75 Å². The lowest BCUT2D eigenvalue weighted by Crippen LogP contribution is -2.46. The van der Waals surface area contributed by atoms with E-state index < -0.39 is 23.7 Å². The third-order valence-corrected chi connectivity index (χ3v) is 3.71. The molecule has 1 aromatic rings. The first kappa shape index (κ1) is 18.1. The SMILES string of the molecule is CCOc1ccc2c(c1)CCN(C(=O)OC(C)(C)C)[C@H]2C(=O)OC. The van der Waals surface area contributed by atoms with Crippen molar-refractivity contribution in [3.05, 3.63) is 29.3 Å². The van der Waals surface area contributed by atoms with Crippen LogP contribution in [0.1, 0.15) is 44.9 Å². The number of carbonyl (C=O) groups excluding carboxylic acids is 2. The van der Waals surface area contributed by atoms with Gasteiger partial charge in [0.15, 0.2) is 6.04 Å². The Labute approximate surface area is 142 Å². The van der Waals surface area contributed by atoms with Gasteiger partial charge in [0.25, 0.3) is 0 Å². The molecule has 0 spiro atoms. The van der Waals surface area contributed by atoms with Crippen molar-refractivity contribution in [2.24, 2.45) is 0 Å². The van der Waals surface area contributed by atoms with Gasteiger partial charge in [0.2, 0.25) is 0 Å². The summed E-state index contributed by atoms with van der Waals surface area (Å²) in [5.41, 5.74) is 1.11. The molecule has 2 rings (SSSR count). The Balaban J connectivity index is 2.35. The first-order valence-corrected chi connectivity index (χ1v) is 8.10. The second kappa shape index (κ2) is 7.11. The maximum atomic E-state index is 12.5. The summed E-state index contributed by atoms with van der Waals surface area (Å²) >= 11 is 0. The van der Waals surface area contributed by atoms with Crippen LogP contribution in [-0.4, -0.2) is 42.8 Å². The van der Waals surface area contributed by atoms with Crippen LogP contribution in [0.3, 0.4) is 0 Å². The first-order chi connectivity index (χ1) is 11.3. The molecule has 132 valence electrons. The number of rotatable bonds is 3. The summed E-state index contributed by atoms with van der Waals surface area (Å²) in [5, 5.41) is 0. The lowest BCUT2D eigenvalue weighted by atomic mass is 9.92. The van der Waals surface area contributed by atoms with Gasteiger partial charge in [-0.05, 0) is 57.4 Å². The van der Waals surface area contributed by atoms with Crippen LogP contribution >= 0.6 is 0 Å². The van der Waals surface area contributed by atoms with Crippen molar-refractivity contribution in [1.82, 2.24) is 4.90 Å². The van der Waals surface area contributed by atoms with Gasteiger partial charge in [0.05, 0.1) is 13.7 Å². The summed E-state index contributed by atoms with van der Waals surface area (Å²) in [7, 11) is 1.32. The van der Waals surface area contributed by atoms with Crippen LogP contribution in [0.15, 0.2) is 18.2 Å². The summed E-state index contributed by atoms with van der Waals surface area (Å²) in [6.07, 6.45) is 0.112. The summed E-state index contributed by atoms with van der Waals surface area (Å²) in [6, 6.07) is 4.74. The molecule has 0 bridgehead atoms. The highest BCUT2D eigenvalue weighted by molar-refractivity contribution is 5.84. The van der Waals surface area contributed by atoms with Crippen molar-refractivity contribution in [1.29, 1.82) is 0 Å². The van der Waals surface area contributed by atoms with Gasteiger partial charge in [-0.3, -0.25) is 4.90 Å². The molecule has 0 radical (unpaired) electrons. The Kier molecular flexibility index (Phi) is 5.36. The minimum absolute atomic E-state index is 0.386. The van der Waals surface area contributed by atoms with Gasteiger partial charge < -0.3 is 14.2 Å². The highest BCUT2D eigenvalue weighted by atomic mass is 16.6. The zero-order valence-corrected chi connectivity index (χ0v) is 14.9. The lowest BCUT2D eigenvalue weighted by molar-refractivity contribution is -0.147. The highest BCUT2D eigenvalue weighted by Gasteiger charge is 2.38. The third kappa shape index (κ3) is 3.99. The average molecular weight is 335 g/mol. The molecule has 0 fully saturated rings. The normalized spacial score (nSPS) is 17.0. The first-order valence-electron chi connectivity index (χ1n) is 8.10. The Morgan fingerprint density at radius 3 is 2.58 bits per heavy atom. The van der Waals surface area contributed by atoms with E-state index >= 15 is 0 Å². The monoisotopic (exact) mass is 335 g/mol. The van der Waals surface area contributed by atoms with Crippen molar-refractivity contribution >= 4 is 12.1 Å². The predicted octanol–water partition coefficient (Wildman–Crippen LogP) is 3.09. The maximum absolute atomic E-state index is 12.5. The number of hydrogen-bond donors (Lipinski definition) is 0. The highest BCUT2D eigenvalue weighted by Crippen LogP contribution is 2.34. The Morgan fingerprint density at radius 2 is 2.00 bits per heavy atom. The van der Waals surface area contributed by atoms with E-state index in [1.807, 2.05) is 19.1 Å². The van der Waals surface area contributed by atoms with Crippen LogP contribution in [0, 0.1) is 0 Å². The van der Waals surface area contributed by atoms with Crippen LogP contribution in [0.25, 0.3) is 0 Å². The molecule has 0 saturated carbocycles. The van der Waals surface area contributed by atoms with Gasteiger partial charge in [-0.15, -0.1) is 0 Å². The third-order valence-electron chi connectivity index (χ3n) is 3.71. The molecular weight excluding hydrogens is 310 g/mol. The van der Waals surface area contributed by atoms with E-state index in [9.17, 15) is 9.59 Å². The molecule has 1 aliphatic rings. The van der Waals surface area contributed by atoms with E-state index in [4.69, 9.17) is 14.2 Å². The van der Waals surface area contributed by atoms with Crippen molar-refractivity contribution in [2.45, 2.75) is 45.8 Å². The smallest absolute Gasteiger partial charge is 0.411 e. The number of amides is 1. The van der Waals surface area contributed by atoms with Gasteiger partial charge in [0, 0.05) is 6.54 Å². The summed E-state index contributed by atoms with van der Waals surface area (Å²) in [4.78, 5) is 26.2. The molecule has 1 atom stereocenters. The summed E-state index contributed by atoms with van der Waals surface area (Å²) in [6.45, 7) is 8.26. The van der Waals surface area contributed by atoms with E-state index in [1.54, 1.807) is 26.8 Å². The Hall–Kier alpha value is -2.24. The fourth-order valence-corrected chi connectivity index (χ4v) is 2.74. The standard InChI is InChI=1S/C18H25NO5/c1-6-23-13-7-8-14-12(11-13)9-10-19(15(14)16(20)22-5)17(21)24-18(2,3)4/h7-8,11,15H,6,9-10H2,1-5H3/t15-/m1/s1. The molecule has 0 saturated heterocycles. The number of fused-ring (bicyclic) bond motifs is 1. The van der Waals surface area contributed by atoms with E-state index in [1.165, 1.54) is 12.0 Å². The van der Waals surface area contributed by atoms with Crippen LogP contribution < -0.4 is 4.74 Å². The molecule has 6 heteroatoms. The summed E-state index contributed by atoms with van der Waals surface area (Å²) in [5.74, 6) is 0.275. The largest absolute Gasteiger partial charge is 0.494 e. The van der Waals surface area contributed by atoms with Gasteiger partial charge in [-0.1, -0.05) is 6.07 Å². The fourth-order valence-electron chi connectivity index (χ4n) is 2.74. The number of nitrogens with zero attached hydrogens (tertiary/aromatic N) is 1. The Bertz CT molecular complexity index is 620. The number of methoxy groups -OCH3 is 1. The quantitative estimate of drug-likeness (QED) is 0.794. The van der Waals surface area contributed by atoms with E-state index in [0.717, 1.165) is 16.9 Å². The molecule has 1 amide bonds. The van der Waals surface area contributed by atoms with Gasteiger partial charge in [-0.2, -0.15) is 0 Å². The lowest BCUT2D eigenvalue weighted by Gasteiger charge is -2.36. The van der Waals surface area contributed by atoms with Gasteiger partial charge in [-0.25, -0.2) is 9.59 Å².